The van der Waals surface area contributed by atoms with Gasteiger partial charge in [0, 0.05) is 11.4 Å². The van der Waals surface area contributed by atoms with Gasteiger partial charge in [0.05, 0.1) is 17.4 Å². The van der Waals surface area contributed by atoms with Crippen LogP contribution in [-0.2, 0) is 21.2 Å². The van der Waals surface area contributed by atoms with Gasteiger partial charge in [-0.15, -0.1) is 0 Å². The second-order valence-electron chi connectivity index (χ2n) is 8.64. The zero-order valence-corrected chi connectivity index (χ0v) is 20.9. The molecule has 1 unspecified atom stereocenters. The highest BCUT2D eigenvalue weighted by molar-refractivity contribution is 7.92. The first-order chi connectivity index (χ1) is 16.2. The van der Waals surface area contributed by atoms with Crippen LogP contribution in [0.2, 0.25) is 0 Å². The summed E-state index contributed by atoms with van der Waals surface area (Å²) in [5.41, 5.74) is 3.16. The molecule has 34 heavy (non-hydrogen) atoms. The van der Waals surface area contributed by atoms with E-state index in [0.29, 0.717) is 29.6 Å². The van der Waals surface area contributed by atoms with Crippen LogP contribution in [0.15, 0.2) is 77.7 Å². The summed E-state index contributed by atoms with van der Waals surface area (Å²) in [6, 6.07) is 20.9. The lowest BCUT2D eigenvalue weighted by atomic mass is 9.96. The Morgan fingerprint density at radius 2 is 1.44 bits per heavy atom. The summed E-state index contributed by atoms with van der Waals surface area (Å²) < 4.78 is 33.3. The summed E-state index contributed by atoms with van der Waals surface area (Å²) in [5, 5.41) is 2.87. The Morgan fingerprint density at radius 1 is 0.853 bits per heavy atom. The second kappa shape index (κ2) is 11.2. The van der Waals surface area contributed by atoms with Crippen molar-refractivity contribution >= 4 is 27.3 Å². The van der Waals surface area contributed by atoms with E-state index in [1.54, 1.807) is 36.4 Å². The minimum absolute atomic E-state index is 0.105. The smallest absolute Gasteiger partial charge is 0.261 e. The maximum atomic E-state index is 12.7. The predicted octanol–water partition coefficient (Wildman–Crippen LogP) is 5.83. The van der Waals surface area contributed by atoms with Crippen molar-refractivity contribution in [3.8, 4) is 5.75 Å². The van der Waals surface area contributed by atoms with E-state index in [-0.39, 0.29) is 16.7 Å². The first-order valence-electron chi connectivity index (χ1n) is 11.4. The van der Waals surface area contributed by atoms with Gasteiger partial charge in [-0.25, -0.2) is 8.42 Å². The van der Waals surface area contributed by atoms with Crippen molar-refractivity contribution in [1.29, 1.82) is 0 Å². The lowest BCUT2D eigenvalue weighted by Gasteiger charge is -2.14. The third-order valence-corrected chi connectivity index (χ3v) is 6.76. The maximum Gasteiger partial charge on any atom is 0.261 e. The molecule has 0 bridgehead atoms. The summed E-state index contributed by atoms with van der Waals surface area (Å²) in [7, 11) is -3.76. The molecule has 0 spiro atoms. The zero-order chi connectivity index (χ0) is 24.7. The highest BCUT2D eigenvalue weighted by Crippen LogP contribution is 2.23. The summed E-state index contributed by atoms with van der Waals surface area (Å²) in [6.07, 6.45) is 1.00. The molecule has 0 aliphatic rings. The van der Waals surface area contributed by atoms with Crippen LogP contribution in [0.3, 0.4) is 0 Å². The zero-order valence-electron chi connectivity index (χ0n) is 20.0. The molecule has 0 aliphatic heterocycles. The first kappa shape index (κ1) is 25.3. The van der Waals surface area contributed by atoms with Gasteiger partial charge in [0.25, 0.3) is 10.0 Å². The SMILES string of the molecule is CCOc1ccc(NS(=O)(=O)c2ccc(NC(=O)C(C)c3ccc(CC(C)C)cc3)cc2)cc1. The molecule has 1 atom stereocenters. The van der Waals surface area contributed by atoms with Gasteiger partial charge in [0.2, 0.25) is 5.91 Å². The van der Waals surface area contributed by atoms with Gasteiger partial charge in [0.15, 0.2) is 0 Å². The number of amides is 1. The third kappa shape index (κ3) is 6.84. The largest absolute Gasteiger partial charge is 0.494 e. The monoisotopic (exact) mass is 480 g/mol. The Hall–Kier alpha value is -3.32. The Bertz CT molecular complexity index is 1190. The fraction of sp³-hybridized carbons (Fsp3) is 0.296. The number of ether oxygens (including phenoxy) is 1. The highest BCUT2D eigenvalue weighted by atomic mass is 32.2. The molecule has 0 saturated heterocycles. The van der Waals surface area contributed by atoms with Gasteiger partial charge >= 0.3 is 0 Å². The van der Waals surface area contributed by atoms with Gasteiger partial charge in [-0.2, -0.15) is 0 Å². The Balaban J connectivity index is 1.62. The standard InChI is InChI=1S/C27H32N2O4S/c1-5-33-25-14-10-24(11-15-25)29-34(31,32)26-16-12-23(13-17-26)28-27(30)20(4)22-8-6-21(7-9-22)18-19(2)3/h6-17,19-20,29H,5,18H2,1-4H3,(H,28,30). The lowest BCUT2D eigenvalue weighted by molar-refractivity contribution is -0.117. The molecule has 3 aromatic rings. The molecule has 0 aromatic heterocycles. The van der Waals surface area contributed by atoms with Gasteiger partial charge in [0.1, 0.15) is 5.75 Å². The van der Waals surface area contributed by atoms with E-state index < -0.39 is 10.0 Å². The molecule has 0 heterocycles. The number of carbonyl (C=O) groups excluding carboxylic acids is 1. The lowest BCUT2D eigenvalue weighted by Crippen LogP contribution is -2.19. The van der Waals surface area contributed by atoms with Crippen molar-refractivity contribution in [2.75, 3.05) is 16.6 Å². The summed E-state index contributed by atoms with van der Waals surface area (Å²) in [5.74, 6) is 0.762. The number of carbonyl (C=O) groups is 1. The van der Waals surface area contributed by atoms with Crippen LogP contribution < -0.4 is 14.8 Å². The van der Waals surface area contributed by atoms with Gasteiger partial charge in [-0.1, -0.05) is 38.1 Å². The van der Waals surface area contributed by atoms with Crippen molar-refractivity contribution in [1.82, 2.24) is 0 Å². The highest BCUT2D eigenvalue weighted by Gasteiger charge is 2.17. The van der Waals surface area contributed by atoms with E-state index in [0.717, 1.165) is 12.0 Å². The molecular formula is C27H32N2O4S. The van der Waals surface area contributed by atoms with Gasteiger partial charge in [-0.3, -0.25) is 9.52 Å². The number of anilines is 2. The van der Waals surface area contributed by atoms with E-state index in [1.807, 2.05) is 26.0 Å². The predicted molar refractivity (Wildman–Crippen MR) is 137 cm³/mol. The van der Waals surface area contributed by atoms with Crippen LogP contribution in [0.4, 0.5) is 11.4 Å². The second-order valence-corrected chi connectivity index (χ2v) is 10.3. The van der Waals surface area contributed by atoms with Crippen LogP contribution in [-0.4, -0.2) is 20.9 Å². The molecule has 7 heteroatoms. The number of nitrogens with one attached hydrogen (secondary N) is 2. The molecule has 3 aromatic carbocycles. The molecular weight excluding hydrogens is 448 g/mol. The number of rotatable bonds is 10. The number of benzene rings is 3. The van der Waals surface area contributed by atoms with E-state index in [9.17, 15) is 13.2 Å². The first-order valence-corrected chi connectivity index (χ1v) is 12.9. The Morgan fingerprint density at radius 3 is 2.00 bits per heavy atom. The van der Waals surface area contributed by atoms with Crippen molar-refractivity contribution < 1.29 is 17.9 Å². The van der Waals surface area contributed by atoms with Crippen LogP contribution in [0.1, 0.15) is 44.7 Å². The number of sulfonamides is 1. The molecule has 6 nitrogen and oxygen atoms in total. The molecule has 0 aliphatic carbocycles. The molecule has 0 fully saturated rings. The number of hydrogen-bond acceptors (Lipinski definition) is 4. The fourth-order valence-corrected chi connectivity index (χ4v) is 4.59. The van der Waals surface area contributed by atoms with Gasteiger partial charge in [-0.05, 0) is 85.8 Å². The Kier molecular flexibility index (Phi) is 8.34. The van der Waals surface area contributed by atoms with Crippen molar-refractivity contribution in [3.05, 3.63) is 83.9 Å². The van der Waals surface area contributed by atoms with E-state index in [1.165, 1.54) is 17.7 Å². The molecule has 0 radical (unpaired) electrons. The number of hydrogen-bond donors (Lipinski definition) is 2. The topological polar surface area (TPSA) is 84.5 Å². The molecule has 3 rings (SSSR count). The summed E-state index contributed by atoms with van der Waals surface area (Å²) >= 11 is 0. The van der Waals surface area contributed by atoms with Crippen molar-refractivity contribution in [3.63, 3.8) is 0 Å². The van der Waals surface area contributed by atoms with E-state index in [2.05, 4.69) is 36.0 Å². The van der Waals surface area contributed by atoms with Gasteiger partial charge < -0.3 is 10.1 Å². The molecule has 1 amide bonds. The molecule has 180 valence electrons. The van der Waals surface area contributed by atoms with E-state index in [4.69, 9.17) is 4.74 Å². The fourth-order valence-electron chi connectivity index (χ4n) is 3.53. The van der Waals surface area contributed by atoms with Crippen molar-refractivity contribution in [2.24, 2.45) is 5.92 Å². The minimum Gasteiger partial charge on any atom is -0.494 e. The van der Waals surface area contributed by atoms with Crippen LogP contribution >= 0.6 is 0 Å². The van der Waals surface area contributed by atoms with Crippen LogP contribution in [0.25, 0.3) is 0 Å². The molecule has 2 N–H and O–H groups in total. The quantitative estimate of drug-likeness (QED) is 0.383. The summed E-state index contributed by atoms with van der Waals surface area (Å²) in [6.45, 7) is 8.63. The summed E-state index contributed by atoms with van der Waals surface area (Å²) in [4.78, 5) is 12.8. The third-order valence-electron chi connectivity index (χ3n) is 5.37. The van der Waals surface area contributed by atoms with Crippen molar-refractivity contribution in [2.45, 2.75) is 44.9 Å². The van der Waals surface area contributed by atoms with Crippen LogP contribution in [0.5, 0.6) is 5.75 Å². The Labute approximate surface area is 202 Å². The maximum absolute atomic E-state index is 12.7. The average molecular weight is 481 g/mol. The van der Waals surface area contributed by atoms with E-state index >= 15 is 0 Å². The normalized spacial score (nSPS) is 12.3. The average Bonchev–Trinajstić information content (AvgIpc) is 2.80. The minimum atomic E-state index is -3.76. The van der Waals surface area contributed by atoms with Crippen LogP contribution in [0, 0.1) is 5.92 Å². The molecule has 0 saturated carbocycles.